The number of carbonyl (C=O) groups is 2. The van der Waals surface area contributed by atoms with Crippen LogP contribution in [0, 0.1) is 5.82 Å². The van der Waals surface area contributed by atoms with Gasteiger partial charge in [-0.2, -0.15) is 13.2 Å². The number of hydrogen-bond acceptors (Lipinski definition) is 7. The van der Waals surface area contributed by atoms with Crippen molar-refractivity contribution >= 4 is 46.1 Å². The summed E-state index contributed by atoms with van der Waals surface area (Å²) in [7, 11) is 0.782. The quantitative estimate of drug-likeness (QED) is 0.441. The summed E-state index contributed by atoms with van der Waals surface area (Å²) >= 11 is 6.98. The molecule has 1 amide bonds. The number of halogens is 5. The molecule has 0 N–H and O–H groups in total. The Morgan fingerprint density at radius 1 is 1.24 bits per heavy atom. The first-order valence-corrected chi connectivity index (χ1v) is 10.8. The monoisotopic (exact) mass is 522 g/mol. The number of amides is 1. The van der Waals surface area contributed by atoms with Crippen LogP contribution in [0.5, 0.6) is 0 Å². The van der Waals surface area contributed by atoms with E-state index in [0.717, 1.165) is 35.8 Å². The Morgan fingerprint density at radius 3 is 2.53 bits per heavy atom. The van der Waals surface area contributed by atoms with E-state index in [2.05, 4.69) is 4.99 Å². The van der Waals surface area contributed by atoms with Crippen molar-refractivity contribution in [2.45, 2.75) is 13.1 Å². The van der Waals surface area contributed by atoms with Gasteiger partial charge in [-0.15, -0.1) is 0 Å². The Balaban J connectivity index is 2.12. The van der Waals surface area contributed by atoms with Crippen molar-refractivity contribution in [2.75, 3.05) is 18.9 Å². The Hall–Kier alpha value is -3.13. The van der Waals surface area contributed by atoms with E-state index in [0.29, 0.717) is 0 Å². The van der Waals surface area contributed by atoms with Gasteiger partial charge in [0, 0.05) is 13.1 Å². The Morgan fingerprint density at radius 2 is 1.91 bits per heavy atom. The minimum absolute atomic E-state index is 0.0187. The molecule has 1 aromatic heterocycles. The summed E-state index contributed by atoms with van der Waals surface area (Å²) in [5.74, 6) is -2.38. The van der Waals surface area contributed by atoms with E-state index < -0.39 is 53.0 Å². The lowest BCUT2D eigenvalue weighted by atomic mass is 10.2. The van der Waals surface area contributed by atoms with Crippen LogP contribution in [0.2, 0.25) is 5.02 Å². The number of carbonyl (C=O) groups excluding carboxylic acids is 2. The molecule has 1 aliphatic rings. The first kappa shape index (κ1) is 25.5. The zero-order chi connectivity index (χ0) is 25.4. The van der Waals surface area contributed by atoms with Crippen LogP contribution in [-0.4, -0.2) is 50.0 Å². The molecule has 0 spiro atoms. The van der Waals surface area contributed by atoms with Gasteiger partial charge in [0.2, 0.25) is 5.91 Å². The van der Waals surface area contributed by atoms with Crippen LogP contribution in [0.15, 0.2) is 32.8 Å². The van der Waals surface area contributed by atoms with Gasteiger partial charge >= 0.3 is 17.8 Å². The predicted molar refractivity (Wildman–Crippen MR) is 115 cm³/mol. The maximum Gasteiger partial charge on any atom is 0.431 e. The van der Waals surface area contributed by atoms with Crippen LogP contribution < -0.4 is 11.2 Å². The number of esters is 1. The molecule has 2 aromatic rings. The average Bonchev–Trinajstić information content (AvgIpc) is 3.06. The summed E-state index contributed by atoms with van der Waals surface area (Å²) in [4.78, 5) is 53.9. The third-order valence-corrected chi connectivity index (χ3v) is 5.80. The van der Waals surface area contributed by atoms with Crippen molar-refractivity contribution < 1.29 is 31.9 Å². The molecule has 1 fully saturated rings. The van der Waals surface area contributed by atoms with Gasteiger partial charge in [0.05, 0.1) is 28.8 Å². The van der Waals surface area contributed by atoms with Gasteiger partial charge in [-0.25, -0.2) is 18.7 Å². The van der Waals surface area contributed by atoms with Crippen LogP contribution in [0.4, 0.5) is 23.2 Å². The molecule has 1 aliphatic heterocycles. The maximum atomic E-state index is 14.7. The minimum atomic E-state index is -4.99. The van der Waals surface area contributed by atoms with E-state index in [9.17, 15) is 36.7 Å². The Labute approximate surface area is 197 Å². The number of benzene rings is 1. The summed E-state index contributed by atoms with van der Waals surface area (Å²) < 4.78 is 59.1. The zero-order valence-electron chi connectivity index (χ0n) is 17.5. The van der Waals surface area contributed by atoms with E-state index in [1.54, 1.807) is 6.92 Å². The van der Waals surface area contributed by atoms with Crippen molar-refractivity contribution in [3.63, 3.8) is 0 Å². The molecule has 0 aliphatic carbocycles. The van der Waals surface area contributed by atoms with Gasteiger partial charge in [-0.3, -0.25) is 23.9 Å². The van der Waals surface area contributed by atoms with Crippen LogP contribution >= 0.6 is 23.4 Å². The number of aromatic nitrogens is 2. The zero-order valence-corrected chi connectivity index (χ0v) is 19.1. The highest BCUT2D eigenvalue weighted by Crippen LogP contribution is 2.32. The first-order valence-electron chi connectivity index (χ1n) is 9.42. The largest absolute Gasteiger partial charge is 0.465 e. The number of alkyl halides is 3. The second-order valence-electron chi connectivity index (χ2n) is 6.77. The molecule has 0 unspecified atom stereocenters. The maximum absolute atomic E-state index is 14.7. The normalized spacial score (nSPS) is 15.3. The van der Waals surface area contributed by atoms with Crippen molar-refractivity contribution in [1.82, 2.24) is 14.0 Å². The third-order valence-electron chi connectivity index (χ3n) is 4.53. The van der Waals surface area contributed by atoms with Gasteiger partial charge in [0.1, 0.15) is 18.1 Å². The lowest BCUT2D eigenvalue weighted by Gasteiger charge is -2.16. The number of hydrogen-bond donors (Lipinski definition) is 0. The molecular formula is C19H15ClF4N4O5S. The van der Waals surface area contributed by atoms with E-state index in [4.69, 9.17) is 16.3 Å². The van der Waals surface area contributed by atoms with Gasteiger partial charge in [-0.05, 0) is 19.1 Å². The van der Waals surface area contributed by atoms with Crippen LogP contribution in [0.25, 0.3) is 5.69 Å². The van der Waals surface area contributed by atoms with Crippen LogP contribution in [-0.2, 0) is 27.5 Å². The van der Waals surface area contributed by atoms with Crippen molar-refractivity contribution in [3.8, 4) is 5.69 Å². The van der Waals surface area contributed by atoms with E-state index in [-0.39, 0.29) is 43.4 Å². The van der Waals surface area contributed by atoms with Gasteiger partial charge in [-0.1, -0.05) is 23.4 Å². The van der Waals surface area contributed by atoms with E-state index in [1.165, 1.54) is 0 Å². The molecule has 1 saturated heterocycles. The second kappa shape index (κ2) is 9.62. The molecule has 15 heteroatoms. The number of ether oxygens (including phenoxy) is 1. The molecule has 0 bridgehead atoms. The van der Waals surface area contributed by atoms with Gasteiger partial charge < -0.3 is 4.74 Å². The topological polar surface area (TPSA) is 103 Å². The molecule has 2 heterocycles. The number of amidine groups is 1. The smallest absolute Gasteiger partial charge is 0.431 e. The Kier molecular flexibility index (Phi) is 7.21. The summed E-state index contributed by atoms with van der Waals surface area (Å²) in [5.41, 5.74) is -5.28. The summed E-state index contributed by atoms with van der Waals surface area (Å²) in [6.07, 6.45) is -4.99. The number of thioether (sulfide) groups is 1. The minimum Gasteiger partial charge on any atom is -0.465 e. The van der Waals surface area contributed by atoms with Crippen molar-refractivity contribution in [2.24, 2.45) is 12.0 Å². The fourth-order valence-corrected chi connectivity index (χ4v) is 4.07. The van der Waals surface area contributed by atoms with Gasteiger partial charge in [0.15, 0.2) is 5.17 Å². The highest BCUT2D eigenvalue weighted by Gasteiger charge is 2.35. The molecule has 34 heavy (non-hydrogen) atoms. The number of rotatable bonds is 5. The molecule has 0 atom stereocenters. The molecule has 182 valence electrons. The third kappa shape index (κ3) is 5.01. The molecule has 0 saturated carbocycles. The molecular weight excluding hydrogens is 508 g/mol. The standard InChI is InChI=1S/C19H15ClF4N4O5S/c1-3-33-16(31)7-27-15(30)8-34-17(27)25-11-5-12(10(21)4-9(11)20)28-14(29)6-13(19(22,23)24)26(2)18(28)32/h4-6H,3,7-8H2,1-2H3/b25-17-. The lowest BCUT2D eigenvalue weighted by molar-refractivity contribution is -0.146. The summed E-state index contributed by atoms with van der Waals surface area (Å²) in [5, 5.41) is -0.258. The predicted octanol–water partition coefficient (Wildman–Crippen LogP) is 2.47. The number of nitrogens with zero attached hydrogens (tertiary/aromatic N) is 4. The highest BCUT2D eigenvalue weighted by molar-refractivity contribution is 8.15. The first-order chi connectivity index (χ1) is 15.8. The summed E-state index contributed by atoms with van der Waals surface area (Å²) in [6, 6.07) is 1.76. The van der Waals surface area contributed by atoms with Crippen molar-refractivity contribution in [1.29, 1.82) is 0 Å². The lowest BCUT2D eigenvalue weighted by Crippen LogP contribution is -2.41. The fraction of sp³-hybridized carbons (Fsp3) is 0.316. The van der Waals surface area contributed by atoms with Crippen molar-refractivity contribution in [3.05, 3.63) is 55.6 Å². The van der Waals surface area contributed by atoms with E-state index >= 15 is 0 Å². The molecule has 0 radical (unpaired) electrons. The molecule has 1 aromatic carbocycles. The highest BCUT2D eigenvalue weighted by atomic mass is 35.5. The summed E-state index contributed by atoms with van der Waals surface area (Å²) in [6.45, 7) is 1.23. The van der Waals surface area contributed by atoms with E-state index in [1.807, 2.05) is 0 Å². The average molecular weight is 523 g/mol. The SMILES string of the molecule is CCOC(=O)CN1C(=O)CS/C1=N\c1cc(-n2c(=O)cc(C(F)(F)F)n(C)c2=O)c(F)cc1Cl. The molecule has 9 nitrogen and oxygen atoms in total. The van der Waals surface area contributed by atoms with Crippen LogP contribution in [0.3, 0.4) is 0 Å². The van der Waals surface area contributed by atoms with Crippen LogP contribution in [0.1, 0.15) is 12.6 Å². The molecule has 3 rings (SSSR count). The second-order valence-corrected chi connectivity index (χ2v) is 8.12. The Bertz CT molecular complexity index is 1320. The van der Waals surface area contributed by atoms with Gasteiger partial charge in [0.25, 0.3) is 5.56 Å². The fourth-order valence-electron chi connectivity index (χ4n) is 2.98. The number of aliphatic imine (C=N–C) groups is 1.